The molecule has 0 unspecified atom stereocenters. The minimum Gasteiger partial charge on any atom is -0.381 e. The van der Waals surface area contributed by atoms with Gasteiger partial charge in [-0.2, -0.15) is 0 Å². The Morgan fingerprint density at radius 3 is 3.07 bits per heavy atom. The molecule has 0 aromatic carbocycles. The molecule has 2 rings (SSSR count). The Morgan fingerprint density at radius 1 is 1.50 bits per heavy atom. The molecule has 1 aromatic heterocycles. The van der Waals surface area contributed by atoms with E-state index in [2.05, 4.69) is 15.3 Å². The van der Waals surface area contributed by atoms with Gasteiger partial charge in [-0.15, -0.1) is 0 Å². The number of aromatic amines is 1. The van der Waals surface area contributed by atoms with Crippen molar-refractivity contribution in [2.45, 2.75) is 25.3 Å². The van der Waals surface area contributed by atoms with Gasteiger partial charge >= 0.3 is 0 Å². The molecule has 4 nitrogen and oxygen atoms in total. The number of nitrogens with one attached hydrogen (secondary N) is 2. The second-order valence-electron chi connectivity index (χ2n) is 3.67. The lowest BCUT2D eigenvalue weighted by Crippen LogP contribution is -2.35. The first-order valence-corrected chi connectivity index (χ1v) is 5.23. The summed E-state index contributed by atoms with van der Waals surface area (Å²) in [7, 11) is 0. The van der Waals surface area contributed by atoms with Gasteiger partial charge in [0.2, 0.25) is 0 Å². The molecule has 2 N–H and O–H groups in total. The van der Waals surface area contributed by atoms with E-state index in [0.717, 1.165) is 39.0 Å². The van der Waals surface area contributed by atoms with Crippen LogP contribution in [0.25, 0.3) is 0 Å². The smallest absolute Gasteiger partial charge is 0.0921 e. The Kier molecular flexibility index (Phi) is 3.54. The second kappa shape index (κ2) is 5.12. The van der Waals surface area contributed by atoms with Crippen LogP contribution in [0.2, 0.25) is 0 Å². The van der Waals surface area contributed by atoms with Crippen molar-refractivity contribution in [1.82, 2.24) is 15.3 Å². The number of nitrogens with zero attached hydrogens (tertiary/aromatic N) is 1. The van der Waals surface area contributed by atoms with Gasteiger partial charge in [0.05, 0.1) is 6.33 Å². The summed E-state index contributed by atoms with van der Waals surface area (Å²) in [6, 6.07) is 0.645. The lowest BCUT2D eigenvalue weighted by Gasteiger charge is -2.22. The summed E-state index contributed by atoms with van der Waals surface area (Å²) < 4.78 is 5.30. The summed E-state index contributed by atoms with van der Waals surface area (Å²) in [5, 5.41) is 3.53. The summed E-state index contributed by atoms with van der Waals surface area (Å²) in [6.45, 7) is 2.83. The topological polar surface area (TPSA) is 49.9 Å². The van der Waals surface area contributed by atoms with Gasteiger partial charge in [0.15, 0.2) is 0 Å². The summed E-state index contributed by atoms with van der Waals surface area (Å²) in [5.74, 6) is 0. The minimum atomic E-state index is 0.645. The maximum absolute atomic E-state index is 5.30. The van der Waals surface area contributed by atoms with Crippen LogP contribution in [0.15, 0.2) is 12.5 Å². The van der Waals surface area contributed by atoms with Gasteiger partial charge in [-0.3, -0.25) is 0 Å². The highest BCUT2D eigenvalue weighted by molar-refractivity contribution is 4.94. The molecule has 0 saturated carbocycles. The first-order chi connectivity index (χ1) is 6.95. The zero-order chi connectivity index (χ0) is 9.64. The number of aromatic nitrogens is 2. The molecule has 2 heterocycles. The van der Waals surface area contributed by atoms with Gasteiger partial charge in [-0.05, 0) is 12.8 Å². The van der Waals surface area contributed by atoms with Crippen molar-refractivity contribution in [2.24, 2.45) is 0 Å². The fourth-order valence-corrected chi connectivity index (χ4v) is 1.73. The number of imidazole rings is 1. The maximum Gasteiger partial charge on any atom is 0.0921 e. The highest BCUT2D eigenvalue weighted by atomic mass is 16.5. The number of ether oxygens (including phenoxy) is 1. The number of hydrogen-bond acceptors (Lipinski definition) is 3. The largest absolute Gasteiger partial charge is 0.381 e. The molecule has 78 valence electrons. The molecule has 4 heteroatoms. The number of hydrogen-bond donors (Lipinski definition) is 2. The van der Waals surface area contributed by atoms with Crippen molar-refractivity contribution in [2.75, 3.05) is 19.8 Å². The molecule has 1 aliphatic heterocycles. The van der Waals surface area contributed by atoms with Gasteiger partial charge in [0.25, 0.3) is 0 Å². The third kappa shape index (κ3) is 2.82. The Bertz CT molecular complexity index is 242. The summed E-state index contributed by atoms with van der Waals surface area (Å²) in [4.78, 5) is 7.08. The minimum absolute atomic E-state index is 0.645. The van der Waals surface area contributed by atoms with Crippen LogP contribution in [0.3, 0.4) is 0 Å². The first-order valence-electron chi connectivity index (χ1n) is 5.23. The van der Waals surface area contributed by atoms with Crippen LogP contribution in [-0.2, 0) is 11.2 Å². The average Bonchev–Trinajstić information content (AvgIpc) is 2.72. The lowest BCUT2D eigenvalue weighted by molar-refractivity contribution is 0.0782. The van der Waals surface area contributed by atoms with E-state index in [4.69, 9.17) is 4.74 Å². The van der Waals surface area contributed by atoms with Crippen molar-refractivity contribution in [1.29, 1.82) is 0 Å². The van der Waals surface area contributed by atoms with E-state index < -0.39 is 0 Å². The van der Waals surface area contributed by atoms with E-state index in [1.165, 1.54) is 5.69 Å². The van der Waals surface area contributed by atoms with Crippen molar-refractivity contribution in [3.05, 3.63) is 18.2 Å². The number of H-pyrrole nitrogens is 1. The van der Waals surface area contributed by atoms with E-state index in [1.54, 1.807) is 6.33 Å². The monoisotopic (exact) mass is 195 g/mol. The van der Waals surface area contributed by atoms with Gasteiger partial charge in [-0.1, -0.05) is 0 Å². The Hall–Kier alpha value is -0.870. The zero-order valence-corrected chi connectivity index (χ0v) is 8.33. The highest BCUT2D eigenvalue weighted by Gasteiger charge is 2.12. The molecular formula is C10H17N3O. The van der Waals surface area contributed by atoms with Crippen LogP contribution >= 0.6 is 0 Å². The Balaban J connectivity index is 1.62. The van der Waals surface area contributed by atoms with Crippen LogP contribution in [0.5, 0.6) is 0 Å². The molecule has 0 atom stereocenters. The number of rotatable bonds is 4. The molecule has 0 aliphatic carbocycles. The molecular weight excluding hydrogens is 178 g/mol. The molecule has 0 radical (unpaired) electrons. The predicted molar refractivity (Wildman–Crippen MR) is 54.1 cm³/mol. The molecule has 14 heavy (non-hydrogen) atoms. The van der Waals surface area contributed by atoms with Crippen LogP contribution in [0.4, 0.5) is 0 Å². The maximum atomic E-state index is 5.30. The Labute approximate surface area is 84.1 Å². The van der Waals surface area contributed by atoms with Crippen molar-refractivity contribution < 1.29 is 4.74 Å². The fourth-order valence-electron chi connectivity index (χ4n) is 1.73. The molecule has 1 fully saturated rings. The Morgan fingerprint density at radius 2 is 2.36 bits per heavy atom. The van der Waals surface area contributed by atoms with Gasteiger partial charge < -0.3 is 15.0 Å². The SMILES string of the molecule is c1ncc(CCNC2CCOCC2)[nH]1. The third-order valence-electron chi connectivity index (χ3n) is 2.60. The van der Waals surface area contributed by atoms with E-state index in [1.807, 2.05) is 6.20 Å². The third-order valence-corrected chi connectivity index (χ3v) is 2.60. The van der Waals surface area contributed by atoms with Crippen LogP contribution < -0.4 is 5.32 Å². The van der Waals surface area contributed by atoms with Crippen LogP contribution in [-0.4, -0.2) is 35.8 Å². The normalized spacial score (nSPS) is 18.6. The molecule has 1 aliphatic rings. The average molecular weight is 195 g/mol. The quantitative estimate of drug-likeness (QED) is 0.744. The van der Waals surface area contributed by atoms with E-state index >= 15 is 0 Å². The summed E-state index contributed by atoms with van der Waals surface area (Å²) >= 11 is 0. The van der Waals surface area contributed by atoms with Gasteiger partial charge in [-0.25, -0.2) is 4.98 Å². The standard InChI is InChI=1S/C10H17N3O/c1(10-7-11-8-13-10)4-12-9-2-5-14-6-3-9/h7-9,12H,1-6H2,(H,11,13). The van der Waals surface area contributed by atoms with E-state index in [9.17, 15) is 0 Å². The van der Waals surface area contributed by atoms with Gasteiger partial charge in [0, 0.05) is 44.1 Å². The first kappa shape index (κ1) is 9.68. The molecule has 0 spiro atoms. The molecule has 0 bridgehead atoms. The van der Waals surface area contributed by atoms with E-state index in [-0.39, 0.29) is 0 Å². The van der Waals surface area contributed by atoms with Crippen LogP contribution in [0.1, 0.15) is 18.5 Å². The summed E-state index contributed by atoms with van der Waals surface area (Å²) in [6.07, 6.45) is 6.92. The highest BCUT2D eigenvalue weighted by Crippen LogP contribution is 2.05. The lowest BCUT2D eigenvalue weighted by atomic mass is 10.1. The molecule has 0 amide bonds. The van der Waals surface area contributed by atoms with Crippen LogP contribution in [0, 0.1) is 0 Å². The fraction of sp³-hybridized carbons (Fsp3) is 0.700. The van der Waals surface area contributed by atoms with Crippen molar-refractivity contribution in [3.8, 4) is 0 Å². The molecule has 1 saturated heterocycles. The second-order valence-corrected chi connectivity index (χ2v) is 3.67. The molecule has 1 aromatic rings. The van der Waals surface area contributed by atoms with Crippen molar-refractivity contribution >= 4 is 0 Å². The predicted octanol–water partition coefficient (Wildman–Crippen LogP) is 0.721. The van der Waals surface area contributed by atoms with Gasteiger partial charge in [0.1, 0.15) is 0 Å². The van der Waals surface area contributed by atoms with Crippen molar-refractivity contribution in [3.63, 3.8) is 0 Å². The summed E-state index contributed by atoms with van der Waals surface area (Å²) in [5.41, 5.74) is 1.20. The van der Waals surface area contributed by atoms with E-state index in [0.29, 0.717) is 6.04 Å². The zero-order valence-electron chi connectivity index (χ0n) is 8.33.